The van der Waals surface area contributed by atoms with E-state index in [0.717, 1.165) is 82.9 Å². The van der Waals surface area contributed by atoms with Crippen LogP contribution in [0.25, 0.3) is 82.9 Å². The average molecular weight is 526 g/mol. The van der Waals surface area contributed by atoms with Crippen LogP contribution < -0.4 is 0 Å². The highest BCUT2D eigenvalue weighted by Crippen LogP contribution is 2.40. The third-order valence-corrected chi connectivity index (χ3v) is 8.20. The molecule has 0 atom stereocenters. The van der Waals surface area contributed by atoms with Gasteiger partial charge in [-0.15, -0.1) is 0 Å². The Balaban J connectivity index is 1.21. The Bertz CT molecular complexity index is 2420. The highest BCUT2D eigenvalue weighted by molar-refractivity contribution is 6.17. The molecular weight excluding hydrogens is 502 g/mol. The molecule has 6 aromatic carbocycles. The molecule has 0 bridgehead atoms. The number of hydrogen-bond acceptors (Lipinski definition) is 2. The van der Waals surface area contributed by atoms with Crippen LogP contribution in [0.4, 0.5) is 0 Å². The number of benzene rings is 6. The minimum atomic E-state index is 0.890. The van der Waals surface area contributed by atoms with E-state index in [2.05, 4.69) is 132 Å². The Kier molecular flexibility index (Phi) is 4.61. The summed E-state index contributed by atoms with van der Waals surface area (Å²) in [6.45, 7) is 0. The van der Waals surface area contributed by atoms with Gasteiger partial charge >= 0.3 is 0 Å². The zero-order valence-corrected chi connectivity index (χ0v) is 22.0. The molecule has 0 aliphatic carbocycles. The van der Waals surface area contributed by atoms with Crippen molar-refractivity contribution in [2.24, 2.45) is 0 Å². The highest BCUT2D eigenvalue weighted by atomic mass is 16.3. The van der Waals surface area contributed by atoms with Crippen LogP contribution in [-0.4, -0.2) is 4.57 Å². The summed E-state index contributed by atoms with van der Waals surface area (Å²) in [5.41, 5.74) is 11.6. The standard InChI is InChI=1S/C38H23NO2/c1-2-11-28(12-3-1)39-33-15-6-4-14-31(33)38-37(39)32-22-26(18-20-35(32)41-38)24-9-8-10-25(21-24)27-17-19-30-29-13-5-7-16-34(29)40-36(30)23-27/h1-23H. The number of hydrogen-bond donors (Lipinski definition) is 0. The van der Waals surface area contributed by atoms with Crippen molar-refractivity contribution in [1.82, 2.24) is 4.57 Å². The molecular formula is C38H23NO2. The van der Waals surface area contributed by atoms with Crippen LogP contribution in [-0.2, 0) is 0 Å². The number of aromatic nitrogens is 1. The van der Waals surface area contributed by atoms with Gasteiger partial charge in [0.1, 0.15) is 22.3 Å². The van der Waals surface area contributed by atoms with Gasteiger partial charge in [0, 0.05) is 27.2 Å². The van der Waals surface area contributed by atoms with Gasteiger partial charge in [-0.05, 0) is 82.9 Å². The Labute approximate surface area is 235 Å². The molecule has 0 radical (unpaired) electrons. The molecule has 0 spiro atoms. The number of rotatable bonds is 3. The van der Waals surface area contributed by atoms with Crippen molar-refractivity contribution in [3.63, 3.8) is 0 Å². The van der Waals surface area contributed by atoms with Crippen molar-refractivity contribution >= 4 is 54.9 Å². The zero-order valence-electron chi connectivity index (χ0n) is 22.0. The molecule has 0 saturated heterocycles. The van der Waals surface area contributed by atoms with Crippen LogP contribution in [0.2, 0.25) is 0 Å². The minimum Gasteiger partial charge on any atom is -0.456 e. The summed E-state index contributed by atoms with van der Waals surface area (Å²) in [6.07, 6.45) is 0. The molecule has 0 fully saturated rings. The molecule has 0 amide bonds. The number of para-hydroxylation sites is 3. The van der Waals surface area contributed by atoms with Crippen molar-refractivity contribution in [2.45, 2.75) is 0 Å². The third kappa shape index (κ3) is 3.33. The Morgan fingerprint density at radius 2 is 1.05 bits per heavy atom. The smallest absolute Gasteiger partial charge is 0.161 e. The van der Waals surface area contributed by atoms with Gasteiger partial charge in [-0.1, -0.05) is 78.9 Å². The summed E-state index contributed by atoms with van der Waals surface area (Å²) in [6, 6.07) is 48.9. The van der Waals surface area contributed by atoms with Gasteiger partial charge in [-0.2, -0.15) is 0 Å². The lowest BCUT2D eigenvalue weighted by atomic mass is 9.97. The van der Waals surface area contributed by atoms with Gasteiger partial charge in [0.2, 0.25) is 0 Å². The van der Waals surface area contributed by atoms with Gasteiger partial charge < -0.3 is 13.4 Å². The lowest BCUT2D eigenvalue weighted by molar-refractivity contribution is 0.669. The maximum atomic E-state index is 6.49. The predicted octanol–water partition coefficient (Wildman–Crippen LogP) is 10.8. The SMILES string of the molecule is c1ccc(-n2c3ccccc3c3oc4ccc(-c5cccc(-c6ccc7c(c6)oc6ccccc67)c5)cc4c32)cc1. The largest absolute Gasteiger partial charge is 0.456 e. The van der Waals surface area contributed by atoms with E-state index in [1.54, 1.807) is 0 Å². The zero-order chi connectivity index (χ0) is 26.9. The van der Waals surface area contributed by atoms with Crippen LogP contribution in [0.15, 0.2) is 148 Å². The van der Waals surface area contributed by atoms with Crippen molar-refractivity contribution in [3.8, 4) is 27.9 Å². The van der Waals surface area contributed by atoms with Crippen LogP contribution in [0.1, 0.15) is 0 Å². The summed E-state index contributed by atoms with van der Waals surface area (Å²) in [7, 11) is 0. The topological polar surface area (TPSA) is 31.2 Å². The van der Waals surface area contributed by atoms with E-state index < -0.39 is 0 Å². The van der Waals surface area contributed by atoms with E-state index >= 15 is 0 Å². The van der Waals surface area contributed by atoms with Crippen molar-refractivity contribution in [1.29, 1.82) is 0 Å². The molecule has 9 aromatic rings. The average Bonchev–Trinajstić information content (AvgIpc) is 3.69. The molecule has 3 aromatic heterocycles. The molecule has 0 N–H and O–H groups in total. The van der Waals surface area contributed by atoms with E-state index in [-0.39, 0.29) is 0 Å². The first-order chi connectivity index (χ1) is 20.3. The number of nitrogens with zero attached hydrogens (tertiary/aromatic N) is 1. The first-order valence-corrected chi connectivity index (χ1v) is 13.9. The second kappa shape index (κ2) is 8.48. The van der Waals surface area contributed by atoms with Crippen LogP contribution in [0.3, 0.4) is 0 Å². The van der Waals surface area contributed by atoms with Gasteiger partial charge in [0.25, 0.3) is 0 Å². The summed E-state index contributed by atoms with van der Waals surface area (Å²) in [5.74, 6) is 0. The summed E-state index contributed by atoms with van der Waals surface area (Å²) >= 11 is 0. The van der Waals surface area contributed by atoms with Gasteiger partial charge in [-0.3, -0.25) is 0 Å². The first kappa shape index (κ1) is 22.3. The second-order valence-electron chi connectivity index (χ2n) is 10.6. The molecule has 41 heavy (non-hydrogen) atoms. The lowest BCUT2D eigenvalue weighted by Gasteiger charge is -2.08. The molecule has 0 aliphatic rings. The van der Waals surface area contributed by atoms with Crippen molar-refractivity contribution < 1.29 is 8.83 Å². The van der Waals surface area contributed by atoms with E-state index in [0.29, 0.717) is 0 Å². The van der Waals surface area contributed by atoms with E-state index in [1.807, 2.05) is 12.1 Å². The number of fused-ring (bicyclic) bond motifs is 8. The molecule has 0 saturated carbocycles. The van der Waals surface area contributed by atoms with Crippen LogP contribution in [0.5, 0.6) is 0 Å². The molecule has 192 valence electrons. The lowest BCUT2D eigenvalue weighted by Crippen LogP contribution is -1.92. The molecule has 3 heterocycles. The van der Waals surface area contributed by atoms with Crippen LogP contribution in [0, 0.1) is 0 Å². The third-order valence-electron chi connectivity index (χ3n) is 8.20. The molecule has 9 rings (SSSR count). The summed E-state index contributed by atoms with van der Waals surface area (Å²) < 4.78 is 15.0. The van der Waals surface area contributed by atoms with Gasteiger partial charge in [0.15, 0.2) is 5.58 Å². The van der Waals surface area contributed by atoms with E-state index in [9.17, 15) is 0 Å². The van der Waals surface area contributed by atoms with Gasteiger partial charge in [0.05, 0.1) is 5.52 Å². The number of furan rings is 2. The Hall–Kier alpha value is -5.54. The minimum absolute atomic E-state index is 0.890. The summed E-state index contributed by atoms with van der Waals surface area (Å²) in [5, 5.41) is 4.51. The van der Waals surface area contributed by atoms with E-state index in [4.69, 9.17) is 8.83 Å². The van der Waals surface area contributed by atoms with Crippen molar-refractivity contribution in [2.75, 3.05) is 0 Å². The first-order valence-electron chi connectivity index (χ1n) is 13.9. The maximum Gasteiger partial charge on any atom is 0.161 e. The normalized spacial score (nSPS) is 11.9. The molecule has 0 aliphatic heterocycles. The van der Waals surface area contributed by atoms with Crippen molar-refractivity contribution in [3.05, 3.63) is 140 Å². The van der Waals surface area contributed by atoms with Gasteiger partial charge in [-0.25, -0.2) is 0 Å². The van der Waals surface area contributed by atoms with Crippen LogP contribution >= 0.6 is 0 Å². The fourth-order valence-electron chi connectivity index (χ4n) is 6.28. The molecule has 0 unspecified atom stereocenters. The highest BCUT2D eigenvalue weighted by Gasteiger charge is 2.19. The Morgan fingerprint density at radius 3 is 1.93 bits per heavy atom. The maximum absolute atomic E-state index is 6.49. The monoisotopic (exact) mass is 525 g/mol. The molecule has 3 nitrogen and oxygen atoms in total. The quantitative estimate of drug-likeness (QED) is 0.230. The Morgan fingerprint density at radius 1 is 0.390 bits per heavy atom. The fourth-order valence-corrected chi connectivity index (χ4v) is 6.28. The van der Waals surface area contributed by atoms with E-state index in [1.165, 1.54) is 0 Å². The fraction of sp³-hybridized carbons (Fsp3) is 0. The molecule has 3 heteroatoms. The predicted molar refractivity (Wildman–Crippen MR) is 169 cm³/mol. The second-order valence-corrected chi connectivity index (χ2v) is 10.6. The summed E-state index contributed by atoms with van der Waals surface area (Å²) in [4.78, 5) is 0.